The van der Waals surface area contributed by atoms with E-state index in [9.17, 15) is 24.5 Å². The number of carbonyl (C=O) groups excluding carboxylic acids is 3. The Morgan fingerprint density at radius 3 is 2.80 bits per heavy atom. The first kappa shape index (κ1) is 21.8. The number of halogens is 1. The molecule has 0 saturated carbocycles. The molecule has 3 rings (SSSR count). The van der Waals surface area contributed by atoms with Crippen LogP contribution in [0.3, 0.4) is 0 Å². The molecule has 1 aliphatic rings. The number of rotatable bonds is 7. The van der Waals surface area contributed by atoms with Crippen molar-refractivity contribution >= 4 is 69.6 Å². The largest absolute Gasteiger partial charge is 0.351 e. The number of benzene rings is 1. The van der Waals surface area contributed by atoms with E-state index in [4.69, 9.17) is 11.6 Å². The third kappa shape index (κ3) is 5.35. The Bertz CT molecular complexity index is 1070. The van der Waals surface area contributed by atoms with Gasteiger partial charge in [0.25, 0.3) is 16.8 Å². The summed E-state index contributed by atoms with van der Waals surface area (Å²) in [5.74, 6) is -0.856. The van der Waals surface area contributed by atoms with E-state index in [0.29, 0.717) is 5.56 Å². The molecule has 1 aromatic carbocycles. The second-order valence-electron chi connectivity index (χ2n) is 5.94. The maximum atomic E-state index is 12.5. The topological polar surface area (TPSA) is 110 Å². The third-order valence-corrected chi connectivity index (χ3v) is 5.98. The van der Waals surface area contributed by atoms with Gasteiger partial charge in [-0.05, 0) is 47.0 Å². The molecule has 0 atom stereocenters. The van der Waals surface area contributed by atoms with Gasteiger partial charge >= 0.3 is 0 Å². The van der Waals surface area contributed by atoms with E-state index in [2.05, 4.69) is 5.32 Å². The van der Waals surface area contributed by atoms with E-state index >= 15 is 0 Å². The molecule has 1 aromatic heterocycles. The second kappa shape index (κ2) is 9.70. The minimum absolute atomic E-state index is 0.0152. The summed E-state index contributed by atoms with van der Waals surface area (Å²) in [6.45, 7) is 0.118. The van der Waals surface area contributed by atoms with Gasteiger partial charge in [-0.3, -0.25) is 29.4 Å². The number of carbonyl (C=O) groups is 3. The van der Waals surface area contributed by atoms with Crippen molar-refractivity contribution in [3.63, 3.8) is 0 Å². The fourth-order valence-electron chi connectivity index (χ4n) is 2.50. The molecule has 3 amide bonds. The molecule has 0 unspecified atom stereocenters. The van der Waals surface area contributed by atoms with Crippen LogP contribution in [0.1, 0.15) is 10.4 Å². The molecule has 0 radical (unpaired) electrons. The molecule has 11 heteroatoms. The molecular formula is C19H14ClN3O5S2. The summed E-state index contributed by atoms with van der Waals surface area (Å²) in [5.41, 5.74) is 0.0894. The van der Waals surface area contributed by atoms with Crippen molar-refractivity contribution in [2.24, 2.45) is 0 Å². The number of imide groups is 1. The summed E-state index contributed by atoms with van der Waals surface area (Å²) in [7, 11) is 0. The van der Waals surface area contributed by atoms with E-state index in [0.717, 1.165) is 21.5 Å². The van der Waals surface area contributed by atoms with Gasteiger partial charge in [0.05, 0.1) is 9.83 Å². The van der Waals surface area contributed by atoms with Gasteiger partial charge in [-0.1, -0.05) is 23.7 Å². The normalized spacial score (nSPS) is 15.4. The van der Waals surface area contributed by atoms with E-state index in [1.165, 1.54) is 41.7 Å². The summed E-state index contributed by atoms with van der Waals surface area (Å²) in [5, 5.41) is 15.0. The van der Waals surface area contributed by atoms with E-state index in [1.54, 1.807) is 6.08 Å². The number of nitrogens with one attached hydrogen (secondary N) is 1. The van der Waals surface area contributed by atoms with Crippen LogP contribution >= 0.6 is 34.7 Å². The monoisotopic (exact) mass is 463 g/mol. The molecule has 1 aliphatic heterocycles. The molecular weight excluding hydrogens is 450 g/mol. The highest BCUT2D eigenvalue weighted by Gasteiger charge is 2.34. The van der Waals surface area contributed by atoms with Crippen molar-refractivity contribution in [2.75, 3.05) is 13.1 Å². The summed E-state index contributed by atoms with van der Waals surface area (Å²) < 4.78 is 0. The van der Waals surface area contributed by atoms with Crippen LogP contribution in [0.15, 0.2) is 46.7 Å². The predicted molar refractivity (Wildman–Crippen MR) is 117 cm³/mol. The average Bonchev–Trinajstić information content (AvgIpc) is 3.31. The molecule has 30 heavy (non-hydrogen) atoms. The van der Waals surface area contributed by atoms with Crippen molar-refractivity contribution < 1.29 is 19.3 Å². The highest BCUT2D eigenvalue weighted by molar-refractivity contribution is 8.18. The van der Waals surface area contributed by atoms with Crippen LogP contribution in [0.5, 0.6) is 0 Å². The quantitative estimate of drug-likeness (QED) is 0.375. The number of thiophene rings is 1. The van der Waals surface area contributed by atoms with Crippen molar-refractivity contribution in [3.05, 3.63) is 72.3 Å². The number of nitro groups is 1. The van der Waals surface area contributed by atoms with Gasteiger partial charge in [-0.15, -0.1) is 11.3 Å². The lowest BCUT2D eigenvalue weighted by Crippen LogP contribution is -2.36. The van der Waals surface area contributed by atoms with E-state index in [1.807, 2.05) is 17.5 Å². The Labute approximate surface area is 184 Å². The number of nitro benzene ring substituents is 1. The zero-order chi connectivity index (χ0) is 21.7. The van der Waals surface area contributed by atoms with Crippen LogP contribution in [-0.2, 0) is 9.59 Å². The molecule has 8 nitrogen and oxygen atoms in total. The van der Waals surface area contributed by atoms with Gasteiger partial charge in [-0.2, -0.15) is 0 Å². The van der Waals surface area contributed by atoms with Gasteiger partial charge in [0, 0.05) is 30.1 Å². The lowest BCUT2D eigenvalue weighted by atomic mass is 10.2. The van der Waals surface area contributed by atoms with Crippen LogP contribution in [0, 0.1) is 10.1 Å². The number of hydrogen-bond donors (Lipinski definition) is 1. The standard InChI is InChI=1S/C19H14ClN3O5S2/c20-14-5-3-12(10-15(14)23(27)28)11-16-18(25)22(19(26)30-16)8-7-21-17(24)6-4-13-2-1-9-29-13/h1-6,9-11H,7-8H2,(H,21,24)/b6-4+,16-11-. The average molecular weight is 464 g/mol. The first-order valence-electron chi connectivity index (χ1n) is 8.54. The maximum absolute atomic E-state index is 12.5. The first-order valence-corrected chi connectivity index (χ1v) is 10.6. The predicted octanol–water partition coefficient (Wildman–Crippen LogP) is 4.18. The zero-order valence-corrected chi connectivity index (χ0v) is 17.6. The highest BCUT2D eigenvalue weighted by atomic mass is 35.5. The SMILES string of the molecule is O=C(/C=C/c1cccs1)NCCN1C(=O)S/C(=C\c2ccc(Cl)c([N+](=O)[O-])c2)C1=O. The Balaban J connectivity index is 1.59. The maximum Gasteiger partial charge on any atom is 0.293 e. The number of nitrogens with zero attached hydrogens (tertiary/aromatic N) is 2. The minimum Gasteiger partial charge on any atom is -0.351 e. The van der Waals surface area contributed by atoms with Crippen molar-refractivity contribution in [3.8, 4) is 0 Å². The Morgan fingerprint density at radius 1 is 1.30 bits per heavy atom. The Morgan fingerprint density at radius 2 is 2.10 bits per heavy atom. The van der Waals surface area contributed by atoms with Crippen LogP contribution in [0.2, 0.25) is 5.02 Å². The molecule has 2 aromatic rings. The summed E-state index contributed by atoms with van der Waals surface area (Å²) >= 11 is 8.01. The van der Waals surface area contributed by atoms with Gasteiger partial charge in [0.15, 0.2) is 0 Å². The van der Waals surface area contributed by atoms with Crippen LogP contribution < -0.4 is 5.32 Å². The molecule has 2 heterocycles. The molecule has 0 spiro atoms. The van der Waals surface area contributed by atoms with E-state index in [-0.39, 0.29) is 34.6 Å². The summed E-state index contributed by atoms with van der Waals surface area (Å²) in [6.07, 6.45) is 4.46. The lowest BCUT2D eigenvalue weighted by Gasteiger charge is -2.12. The Hall–Kier alpha value is -2.95. The lowest BCUT2D eigenvalue weighted by molar-refractivity contribution is -0.384. The van der Waals surface area contributed by atoms with Crippen LogP contribution in [0.4, 0.5) is 10.5 Å². The van der Waals surface area contributed by atoms with Crippen LogP contribution in [0.25, 0.3) is 12.2 Å². The van der Waals surface area contributed by atoms with Crippen LogP contribution in [-0.4, -0.2) is 40.0 Å². The highest BCUT2D eigenvalue weighted by Crippen LogP contribution is 2.33. The Kier molecular flexibility index (Phi) is 7.03. The molecule has 1 fully saturated rings. The molecule has 1 N–H and O–H groups in total. The fraction of sp³-hybridized carbons (Fsp3) is 0.105. The number of thioether (sulfide) groups is 1. The minimum atomic E-state index is -0.624. The zero-order valence-electron chi connectivity index (χ0n) is 15.2. The van der Waals surface area contributed by atoms with Gasteiger partial charge < -0.3 is 5.32 Å². The second-order valence-corrected chi connectivity index (χ2v) is 8.32. The third-order valence-electron chi connectivity index (χ3n) is 3.92. The molecule has 0 bridgehead atoms. The smallest absolute Gasteiger partial charge is 0.293 e. The molecule has 154 valence electrons. The van der Waals surface area contributed by atoms with Gasteiger partial charge in [0.2, 0.25) is 5.91 Å². The van der Waals surface area contributed by atoms with Crippen molar-refractivity contribution in [1.82, 2.24) is 10.2 Å². The van der Waals surface area contributed by atoms with Gasteiger partial charge in [0.1, 0.15) is 5.02 Å². The van der Waals surface area contributed by atoms with Crippen molar-refractivity contribution in [1.29, 1.82) is 0 Å². The number of amides is 3. The van der Waals surface area contributed by atoms with Gasteiger partial charge in [-0.25, -0.2) is 0 Å². The first-order chi connectivity index (χ1) is 14.3. The van der Waals surface area contributed by atoms with Crippen molar-refractivity contribution in [2.45, 2.75) is 0 Å². The summed E-state index contributed by atoms with van der Waals surface area (Å²) in [6, 6.07) is 7.85. The number of hydrogen-bond acceptors (Lipinski definition) is 7. The fourth-order valence-corrected chi connectivity index (χ4v) is 4.17. The van der Waals surface area contributed by atoms with E-state index < -0.39 is 16.1 Å². The molecule has 1 saturated heterocycles. The summed E-state index contributed by atoms with van der Waals surface area (Å²) in [4.78, 5) is 48.9. The molecule has 0 aliphatic carbocycles.